The third-order valence-electron chi connectivity index (χ3n) is 3.39. The molecule has 1 heterocycles. The first kappa shape index (κ1) is 16.2. The summed E-state index contributed by atoms with van der Waals surface area (Å²) in [6.07, 6.45) is 1.81. The normalized spacial score (nSPS) is 10.7. The Balaban J connectivity index is 2.02. The fraction of sp³-hybridized carbons (Fsp3) is 0.412. The van der Waals surface area contributed by atoms with Crippen molar-refractivity contribution in [3.8, 4) is 0 Å². The van der Waals surface area contributed by atoms with Crippen LogP contribution in [0, 0.1) is 0 Å². The van der Waals surface area contributed by atoms with Gasteiger partial charge in [-0.05, 0) is 32.6 Å². The molecule has 1 aromatic carbocycles. The molecule has 0 unspecified atom stereocenters. The smallest absolute Gasteiger partial charge is 0.227 e. The summed E-state index contributed by atoms with van der Waals surface area (Å²) in [5.41, 5.74) is 1.26. The van der Waals surface area contributed by atoms with Gasteiger partial charge in [0, 0.05) is 32.4 Å². The van der Waals surface area contributed by atoms with E-state index >= 15 is 0 Å². The Bertz CT molecular complexity index is 556. The Morgan fingerprint density at radius 2 is 1.86 bits per heavy atom. The monoisotopic (exact) mass is 299 g/mol. The number of aromatic nitrogens is 2. The van der Waals surface area contributed by atoms with Gasteiger partial charge in [0.1, 0.15) is 5.82 Å². The van der Waals surface area contributed by atoms with Crippen molar-refractivity contribution >= 4 is 11.8 Å². The van der Waals surface area contributed by atoms with Gasteiger partial charge in [-0.3, -0.25) is 0 Å². The zero-order valence-electron chi connectivity index (χ0n) is 13.7. The van der Waals surface area contributed by atoms with E-state index in [0.717, 1.165) is 37.9 Å². The summed E-state index contributed by atoms with van der Waals surface area (Å²) >= 11 is 0. The van der Waals surface area contributed by atoms with Crippen molar-refractivity contribution in [2.45, 2.75) is 13.5 Å². The van der Waals surface area contributed by atoms with Crippen LogP contribution >= 0.6 is 0 Å². The van der Waals surface area contributed by atoms with E-state index in [9.17, 15) is 0 Å². The highest BCUT2D eigenvalue weighted by Gasteiger charge is 2.09. The maximum absolute atomic E-state index is 4.62. The minimum Gasteiger partial charge on any atom is -0.369 e. The first-order valence-corrected chi connectivity index (χ1v) is 7.69. The number of anilines is 2. The van der Waals surface area contributed by atoms with Crippen LogP contribution in [0.15, 0.2) is 42.6 Å². The van der Waals surface area contributed by atoms with Crippen molar-refractivity contribution in [3.05, 3.63) is 48.2 Å². The van der Waals surface area contributed by atoms with E-state index in [1.165, 1.54) is 5.56 Å². The minimum absolute atomic E-state index is 0.765. The van der Waals surface area contributed by atoms with Crippen molar-refractivity contribution in [2.75, 3.05) is 43.9 Å². The Morgan fingerprint density at radius 1 is 1.09 bits per heavy atom. The lowest BCUT2D eigenvalue weighted by molar-refractivity contribution is 0.425. The predicted octanol–water partition coefficient (Wildman–Crippen LogP) is 2.48. The molecule has 0 aliphatic carbocycles. The molecule has 0 aliphatic heterocycles. The minimum atomic E-state index is 0.765. The molecule has 22 heavy (non-hydrogen) atoms. The summed E-state index contributed by atoms with van der Waals surface area (Å²) in [5, 5.41) is 3.34. The van der Waals surface area contributed by atoms with E-state index in [1.807, 2.05) is 18.3 Å². The van der Waals surface area contributed by atoms with Crippen LogP contribution in [0.2, 0.25) is 0 Å². The molecular weight excluding hydrogens is 274 g/mol. The van der Waals surface area contributed by atoms with Gasteiger partial charge >= 0.3 is 0 Å². The van der Waals surface area contributed by atoms with Gasteiger partial charge in [-0.1, -0.05) is 30.3 Å². The van der Waals surface area contributed by atoms with Crippen LogP contribution in [0.3, 0.4) is 0 Å². The van der Waals surface area contributed by atoms with E-state index in [1.54, 1.807) is 0 Å². The lowest BCUT2D eigenvalue weighted by atomic mass is 10.2. The average Bonchev–Trinajstić information content (AvgIpc) is 2.53. The molecule has 0 amide bonds. The summed E-state index contributed by atoms with van der Waals surface area (Å²) in [7, 11) is 4.12. The molecule has 5 nitrogen and oxygen atoms in total. The molecule has 0 saturated carbocycles. The Labute approximate surface area is 133 Å². The van der Waals surface area contributed by atoms with Crippen molar-refractivity contribution in [1.29, 1.82) is 0 Å². The van der Waals surface area contributed by atoms with E-state index in [-0.39, 0.29) is 0 Å². The average molecular weight is 299 g/mol. The second kappa shape index (κ2) is 8.34. The first-order valence-electron chi connectivity index (χ1n) is 7.69. The molecule has 0 radical (unpaired) electrons. The maximum Gasteiger partial charge on any atom is 0.227 e. The van der Waals surface area contributed by atoms with Gasteiger partial charge in [-0.2, -0.15) is 4.98 Å². The van der Waals surface area contributed by atoms with Crippen LogP contribution in [0.4, 0.5) is 11.8 Å². The van der Waals surface area contributed by atoms with Gasteiger partial charge in [0.2, 0.25) is 5.95 Å². The van der Waals surface area contributed by atoms with Crippen LogP contribution in [-0.2, 0) is 6.54 Å². The molecule has 118 valence electrons. The van der Waals surface area contributed by atoms with Crippen molar-refractivity contribution in [2.24, 2.45) is 0 Å². The van der Waals surface area contributed by atoms with Crippen LogP contribution in [0.25, 0.3) is 0 Å². The number of nitrogens with zero attached hydrogens (tertiary/aromatic N) is 4. The number of rotatable bonds is 8. The predicted molar refractivity (Wildman–Crippen MR) is 92.2 cm³/mol. The van der Waals surface area contributed by atoms with Crippen LogP contribution < -0.4 is 10.2 Å². The molecule has 0 spiro atoms. The van der Waals surface area contributed by atoms with Crippen molar-refractivity contribution in [3.63, 3.8) is 0 Å². The lowest BCUT2D eigenvalue weighted by Crippen LogP contribution is -2.25. The van der Waals surface area contributed by atoms with E-state index in [2.05, 4.69) is 70.4 Å². The summed E-state index contributed by atoms with van der Waals surface area (Å²) in [6.45, 7) is 5.65. The molecular formula is C17H25N5. The Kier molecular flexibility index (Phi) is 6.15. The maximum atomic E-state index is 4.62. The largest absolute Gasteiger partial charge is 0.369 e. The summed E-state index contributed by atoms with van der Waals surface area (Å²) in [6, 6.07) is 12.3. The number of hydrogen-bond acceptors (Lipinski definition) is 5. The lowest BCUT2D eigenvalue weighted by Gasteiger charge is -2.21. The molecule has 0 bridgehead atoms. The Hall–Kier alpha value is -2.14. The molecule has 0 atom stereocenters. The standard InChI is InChI=1S/C17H25N5/c1-4-22(14-15-8-6-5-7-9-15)17-19-11-10-16(20-17)18-12-13-21(2)3/h5-11H,4,12-14H2,1-3H3,(H,18,19,20). The number of hydrogen-bond donors (Lipinski definition) is 1. The van der Waals surface area contributed by atoms with E-state index in [0.29, 0.717) is 0 Å². The van der Waals surface area contributed by atoms with Gasteiger partial charge in [0.05, 0.1) is 0 Å². The van der Waals surface area contributed by atoms with Crippen LogP contribution in [0.5, 0.6) is 0 Å². The first-order chi connectivity index (χ1) is 10.7. The summed E-state index contributed by atoms with van der Waals surface area (Å²) in [4.78, 5) is 13.4. The molecule has 5 heteroatoms. The number of nitrogens with one attached hydrogen (secondary N) is 1. The molecule has 0 fully saturated rings. The van der Waals surface area contributed by atoms with Gasteiger partial charge in [-0.25, -0.2) is 4.98 Å². The third kappa shape index (κ3) is 5.00. The zero-order chi connectivity index (χ0) is 15.8. The van der Waals surface area contributed by atoms with Crippen LogP contribution in [-0.4, -0.2) is 48.6 Å². The van der Waals surface area contributed by atoms with E-state index < -0.39 is 0 Å². The fourth-order valence-electron chi connectivity index (χ4n) is 2.13. The highest BCUT2D eigenvalue weighted by molar-refractivity contribution is 5.41. The number of likely N-dealkylation sites (N-methyl/N-ethyl adjacent to an activating group) is 1. The van der Waals surface area contributed by atoms with Crippen molar-refractivity contribution < 1.29 is 0 Å². The molecule has 2 aromatic rings. The Morgan fingerprint density at radius 3 is 2.55 bits per heavy atom. The van der Waals surface area contributed by atoms with Gasteiger partial charge in [-0.15, -0.1) is 0 Å². The second-order valence-corrected chi connectivity index (χ2v) is 5.47. The summed E-state index contributed by atoms with van der Waals surface area (Å²) < 4.78 is 0. The fourth-order valence-corrected chi connectivity index (χ4v) is 2.13. The number of benzene rings is 1. The second-order valence-electron chi connectivity index (χ2n) is 5.47. The quantitative estimate of drug-likeness (QED) is 0.811. The van der Waals surface area contributed by atoms with Gasteiger partial charge < -0.3 is 15.1 Å². The molecule has 0 saturated heterocycles. The highest BCUT2D eigenvalue weighted by Crippen LogP contribution is 2.14. The molecule has 1 N–H and O–H groups in total. The van der Waals surface area contributed by atoms with E-state index in [4.69, 9.17) is 0 Å². The third-order valence-corrected chi connectivity index (χ3v) is 3.39. The topological polar surface area (TPSA) is 44.3 Å². The SMILES string of the molecule is CCN(Cc1ccccc1)c1nccc(NCCN(C)C)n1. The van der Waals surface area contributed by atoms with Crippen molar-refractivity contribution in [1.82, 2.24) is 14.9 Å². The van der Waals surface area contributed by atoms with Crippen LogP contribution in [0.1, 0.15) is 12.5 Å². The summed E-state index contributed by atoms with van der Waals surface area (Å²) in [5.74, 6) is 1.64. The molecule has 1 aromatic heterocycles. The van der Waals surface area contributed by atoms with Gasteiger partial charge in [0.15, 0.2) is 0 Å². The van der Waals surface area contributed by atoms with Gasteiger partial charge in [0.25, 0.3) is 0 Å². The molecule has 0 aliphatic rings. The zero-order valence-corrected chi connectivity index (χ0v) is 13.7. The highest BCUT2D eigenvalue weighted by atomic mass is 15.3. The molecule has 2 rings (SSSR count).